The predicted octanol–water partition coefficient (Wildman–Crippen LogP) is 8.50. The van der Waals surface area contributed by atoms with E-state index in [2.05, 4.69) is 45.8 Å². The van der Waals surface area contributed by atoms with Crippen molar-refractivity contribution in [3.8, 4) is 0 Å². The van der Waals surface area contributed by atoms with Crippen LogP contribution in [0.3, 0.4) is 0 Å². The summed E-state index contributed by atoms with van der Waals surface area (Å²) in [6.45, 7) is 14.7. The summed E-state index contributed by atoms with van der Waals surface area (Å²) in [5.41, 5.74) is 7.90. The Morgan fingerprint density at radius 1 is 1.05 bits per heavy atom. The lowest BCUT2D eigenvalue weighted by molar-refractivity contribution is -0.142. The summed E-state index contributed by atoms with van der Waals surface area (Å²) in [7, 11) is -1.82. The summed E-state index contributed by atoms with van der Waals surface area (Å²) in [6.07, 6.45) is 18.4. The molecular weight excluding hydrogens is 543 g/mol. The maximum atomic E-state index is 13.6. The highest BCUT2D eigenvalue weighted by Gasteiger charge is 2.59. The van der Waals surface area contributed by atoms with Gasteiger partial charge >= 0.3 is 5.97 Å². The van der Waals surface area contributed by atoms with E-state index in [1.165, 1.54) is 64.0 Å². The van der Waals surface area contributed by atoms with Crippen molar-refractivity contribution in [2.75, 3.05) is 20.3 Å². The second-order valence-corrected chi connectivity index (χ2v) is 17.8. The standard InChI is InChI=1S/C35H63N2O4P/c1-24(2)11-10-12-25(3)29-16-17-30-28-15-14-26-23-27(18-20-34(26,4)31(28)19-21-35(29,30)5)41-42(7,39)37-32(33(38)40-6)13-8-9-22-36/h14,24-25,27-32H,8-13,15-23,36H2,1-7H3,(H,37,39)/t25?,27?,28?,29?,30?,31?,32?,34-,35+,42?/m0/s1. The van der Waals surface area contributed by atoms with E-state index >= 15 is 0 Å². The normalized spacial score (nSPS) is 37.2. The first-order valence-corrected chi connectivity index (χ1v) is 19.4. The number of carbonyl (C=O) groups is 1. The number of esters is 1. The van der Waals surface area contributed by atoms with E-state index in [1.807, 2.05) is 0 Å². The minimum atomic E-state index is -3.19. The van der Waals surface area contributed by atoms with Crippen molar-refractivity contribution in [1.29, 1.82) is 0 Å². The Labute approximate surface area is 257 Å². The molecule has 0 aromatic carbocycles. The van der Waals surface area contributed by atoms with Crippen molar-refractivity contribution in [3.05, 3.63) is 11.6 Å². The molecule has 0 heterocycles. The Bertz CT molecular complexity index is 999. The number of carbonyl (C=O) groups excluding carboxylic acids is 1. The molecule has 0 radical (unpaired) electrons. The van der Waals surface area contributed by atoms with Gasteiger partial charge in [-0.25, -0.2) is 5.09 Å². The third-order valence-electron chi connectivity index (χ3n) is 12.4. The summed E-state index contributed by atoms with van der Waals surface area (Å²) in [5, 5.41) is 3.04. The van der Waals surface area contributed by atoms with E-state index in [1.54, 1.807) is 6.66 Å². The van der Waals surface area contributed by atoms with Crippen molar-refractivity contribution in [2.45, 2.75) is 137 Å². The summed E-state index contributed by atoms with van der Waals surface area (Å²) in [6, 6.07) is -0.634. The first-order valence-electron chi connectivity index (χ1n) is 17.4. The summed E-state index contributed by atoms with van der Waals surface area (Å²) >= 11 is 0. The number of hydrogen-bond donors (Lipinski definition) is 2. The van der Waals surface area contributed by atoms with Gasteiger partial charge in [0.2, 0.25) is 0 Å². The number of allylic oxidation sites excluding steroid dienone is 1. The molecule has 0 aromatic rings. The Balaban J connectivity index is 1.39. The van der Waals surface area contributed by atoms with Crippen LogP contribution in [-0.2, 0) is 18.6 Å². The second-order valence-electron chi connectivity index (χ2n) is 15.6. The lowest BCUT2D eigenvalue weighted by atomic mass is 9.47. The summed E-state index contributed by atoms with van der Waals surface area (Å²) in [5.74, 6) is 4.55. The lowest BCUT2D eigenvalue weighted by Gasteiger charge is -2.58. The Hall–Kier alpha value is -0.680. The minimum absolute atomic E-state index is 0.0806. The lowest BCUT2D eigenvalue weighted by Crippen LogP contribution is -2.51. The molecule has 3 N–H and O–H groups in total. The molecule has 0 amide bonds. The van der Waals surface area contributed by atoms with Crippen LogP contribution in [0.25, 0.3) is 0 Å². The van der Waals surface area contributed by atoms with Crippen molar-refractivity contribution in [1.82, 2.24) is 5.09 Å². The van der Waals surface area contributed by atoms with Crippen LogP contribution in [0.4, 0.5) is 0 Å². The molecule has 4 rings (SSSR count). The number of methoxy groups -OCH3 is 1. The van der Waals surface area contributed by atoms with Crippen LogP contribution in [0.5, 0.6) is 0 Å². The molecule has 4 aliphatic carbocycles. The number of hydrogen-bond acceptors (Lipinski definition) is 5. The first kappa shape index (κ1) is 34.2. The maximum Gasteiger partial charge on any atom is 0.323 e. The first-order chi connectivity index (χ1) is 19.8. The number of fused-ring (bicyclic) bond motifs is 5. The molecule has 4 aliphatic rings. The van der Waals surface area contributed by atoms with Crippen LogP contribution in [0.2, 0.25) is 0 Å². The second kappa shape index (κ2) is 14.2. The zero-order valence-corrected chi connectivity index (χ0v) is 28.9. The van der Waals surface area contributed by atoms with E-state index in [9.17, 15) is 9.36 Å². The molecule has 10 atom stereocenters. The molecule has 6 nitrogen and oxygen atoms in total. The van der Waals surface area contributed by atoms with Gasteiger partial charge in [-0.15, -0.1) is 0 Å². The van der Waals surface area contributed by atoms with Crippen LogP contribution in [0, 0.1) is 46.3 Å². The van der Waals surface area contributed by atoms with Gasteiger partial charge in [-0.3, -0.25) is 9.36 Å². The van der Waals surface area contributed by atoms with Crippen molar-refractivity contribution < 1.29 is 18.6 Å². The van der Waals surface area contributed by atoms with E-state index in [-0.39, 0.29) is 11.5 Å². The largest absolute Gasteiger partial charge is 0.468 e. The van der Waals surface area contributed by atoms with Gasteiger partial charge < -0.3 is 15.0 Å². The average Bonchev–Trinajstić information content (AvgIpc) is 3.29. The highest BCUT2D eigenvalue weighted by Crippen LogP contribution is 2.67. The molecule has 7 heteroatoms. The summed E-state index contributed by atoms with van der Waals surface area (Å²) in [4.78, 5) is 12.4. The number of nitrogens with one attached hydrogen (secondary N) is 1. The molecule has 0 aliphatic heterocycles. The maximum absolute atomic E-state index is 13.6. The molecule has 3 saturated carbocycles. The van der Waals surface area contributed by atoms with Crippen molar-refractivity contribution in [3.63, 3.8) is 0 Å². The van der Waals surface area contributed by atoms with Gasteiger partial charge in [0.1, 0.15) is 6.04 Å². The fourth-order valence-electron chi connectivity index (χ4n) is 10.2. The quantitative estimate of drug-likeness (QED) is 0.0892. The Morgan fingerprint density at radius 3 is 2.50 bits per heavy atom. The highest BCUT2D eigenvalue weighted by atomic mass is 31.2. The third-order valence-corrected chi connectivity index (χ3v) is 13.9. The van der Waals surface area contributed by atoms with Gasteiger partial charge in [-0.05, 0) is 117 Å². The molecule has 42 heavy (non-hydrogen) atoms. The summed E-state index contributed by atoms with van der Waals surface area (Å²) < 4.78 is 24.8. The molecule has 0 saturated heterocycles. The van der Waals surface area contributed by atoms with Gasteiger partial charge in [-0.1, -0.05) is 72.0 Å². The highest BCUT2D eigenvalue weighted by molar-refractivity contribution is 7.56. The van der Waals surface area contributed by atoms with Crippen LogP contribution in [-0.4, -0.2) is 38.4 Å². The van der Waals surface area contributed by atoms with E-state index < -0.39 is 19.5 Å². The fraction of sp³-hybridized carbons (Fsp3) is 0.914. The molecule has 0 bridgehead atoms. The number of rotatable bonds is 14. The average molecular weight is 607 g/mol. The predicted molar refractivity (Wildman–Crippen MR) is 173 cm³/mol. The van der Waals surface area contributed by atoms with Crippen LogP contribution in [0.15, 0.2) is 11.6 Å². The van der Waals surface area contributed by atoms with Gasteiger partial charge in [0.25, 0.3) is 7.52 Å². The molecule has 0 aromatic heterocycles. The molecule has 242 valence electrons. The van der Waals surface area contributed by atoms with Crippen LogP contribution < -0.4 is 10.8 Å². The van der Waals surface area contributed by atoms with Crippen LogP contribution >= 0.6 is 7.52 Å². The van der Waals surface area contributed by atoms with Crippen LogP contribution in [0.1, 0.15) is 125 Å². The molecule has 0 spiro atoms. The van der Waals surface area contributed by atoms with E-state index in [0.717, 1.165) is 67.6 Å². The number of ether oxygens (including phenoxy) is 1. The molecule has 3 fully saturated rings. The zero-order valence-electron chi connectivity index (χ0n) is 28.0. The molecular formula is C35H63N2O4P. The molecule has 8 unspecified atom stereocenters. The minimum Gasteiger partial charge on any atom is -0.468 e. The SMILES string of the molecule is COC(=O)C(CCCCN)NP(C)(=O)OC1CC[C@@]2(C)C(=CCC3C4CCC(C(C)CCCC(C)C)[C@@]4(C)CCC32)C1. The fourth-order valence-corrected chi connectivity index (χ4v) is 11.8. The Kier molecular flexibility index (Phi) is 11.5. The third kappa shape index (κ3) is 7.40. The van der Waals surface area contributed by atoms with Gasteiger partial charge in [0.15, 0.2) is 0 Å². The van der Waals surface area contributed by atoms with E-state index in [0.29, 0.717) is 18.4 Å². The number of nitrogens with two attached hydrogens (primary N) is 1. The smallest absolute Gasteiger partial charge is 0.323 e. The van der Waals surface area contributed by atoms with Gasteiger partial charge in [0.05, 0.1) is 13.2 Å². The monoisotopic (exact) mass is 606 g/mol. The number of unbranched alkanes of at least 4 members (excludes halogenated alkanes) is 1. The Morgan fingerprint density at radius 2 is 1.81 bits per heavy atom. The van der Waals surface area contributed by atoms with E-state index in [4.69, 9.17) is 15.0 Å². The van der Waals surface area contributed by atoms with Gasteiger partial charge in [0, 0.05) is 6.66 Å². The van der Waals surface area contributed by atoms with Crippen molar-refractivity contribution >= 4 is 13.5 Å². The topological polar surface area (TPSA) is 90.6 Å². The van der Waals surface area contributed by atoms with Gasteiger partial charge in [-0.2, -0.15) is 0 Å². The zero-order chi connectivity index (χ0) is 30.7. The van der Waals surface area contributed by atoms with Crippen molar-refractivity contribution in [2.24, 2.45) is 52.1 Å².